The summed E-state index contributed by atoms with van der Waals surface area (Å²) in [5, 5.41) is 11.1. The van der Waals surface area contributed by atoms with Crippen molar-refractivity contribution in [2.24, 2.45) is 0 Å². The second-order valence-electron chi connectivity index (χ2n) is 3.88. The van der Waals surface area contributed by atoms with Gasteiger partial charge in [0.15, 0.2) is 0 Å². The molecule has 2 aromatic rings. The van der Waals surface area contributed by atoms with Gasteiger partial charge < -0.3 is 10.6 Å². The van der Waals surface area contributed by atoms with Gasteiger partial charge in [-0.25, -0.2) is 14.4 Å². The first-order valence-corrected chi connectivity index (χ1v) is 5.83. The summed E-state index contributed by atoms with van der Waals surface area (Å²) in [4.78, 5) is 19.3. The maximum atomic E-state index is 13.9. The predicted molar refractivity (Wildman–Crippen MR) is 72.2 cm³/mol. The third-order valence-corrected chi connectivity index (χ3v) is 2.73. The Labute approximate surface area is 114 Å². The van der Waals surface area contributed by atoms with Gasteiger partial charge in [0.05, 0.1) is 10.6 Å². The number of nitro groups is 1. The van der Waals surface area contributed by atoms with E-state index in [1.807, 2.05) is 0 Å². The highest BCUT2D eigenvalue weighted by Crippen LogP contribution is 2.35. The number of anilines is 3. The highest BCUT2D eigenvalue weighted by atomic mass is 19.1. The molecular weight excluding hydrogens is 265 g/mol. The zero-order valence-corrected chi connectivity index (χ0v) is 10.7. The first kappa shape index (κ1) is 13.7. The van der Waals surface area contributed by atoms with E-state index in [1.165, 1.54) is 23.1 Å². The molecule has 0 saturated heterocycles. The van der Waals surface area contributed by atoms with Crippen LogP contribution in [0.5, 0.6) is 0 Å². The van der Waals surface area contributed by atoms with Crippen LogP contribution in [0.4, 0.5) is 27.4 Å². The van der Waals surface area contributed by atoms with Crippen LogP contribution in [0.3, 0.4) is 0 Å². The Balaban J connectivity index is 2.62. The topological polar surface area (TPSA) is 98.2 Å². The van der Waals surface area contributed by atoms with Gasteiger partial charge in [-0.2, -0.15) is 0 Å². The van der Waals surface area contributed by atoms with Gasteiger partial charge in [-0.3, -0.25) is 10.1 Å². The van der Waals surface area contributed by atoms with Crippen molar-refractivity contribution in [3.8, 4) is 0 Å². The number of hydrogen-bond acceptors (Lipinski definition) is 6. The third-order valence-electron chi connectivity index (χ3n) is 2.73. The first-order valence-electron chi connectivity index (χ1n) is 5.83. The van der Waals surface area contributed by atoms with E-state index in [4.69, 9.17) is 5.73 Å². The van der Waals surface area contributed by atoms with Crippen LogP contribution in [0.15, 0.2) is 30.6 Å². The highest BCUT2D eigenvalue weighted by molar-refractivity contribution is 5.74. The summed E-state index contributed by atoms with van der Waals surface area (Å²) in [6.07, 6.45) is 1.11. The second kappa shape index (κ2) is 5.47. The summed E-state index contributed by atoms with van der Waals surface area (Å²) in [5.74, 6) is -0.786. The number of rotatable bonds is 4. The minimum atomic E-state index is -0.672. The molecule has 20 heavy (non-hydrogen) atoms. The van der Waals surface area contributed by atoms with Crippen molar-refractivity contribution in [2.45, 2.75) is 6.92 Å². The molecule has 2 rings (SSSR count). The van der Waals surface area contributed by atoms with Crippen LogP contribution < -0.4 is 10.6 Å². The number of nitrogens with two attached hydrogens (primary N) is 1. The Kier molecular flexibility index (Phi) is 3.74. The largest absolute Gasteiger partial charge is 0.378 e. The lowest BCUT2D eigenvalue weighted by atomic mass is 10.2. The number of nitrogen functional groups attached to an aromatic ring is 1. The molecule has 0 radical (unpaired) electrons. The molecule has 0 atom stereocenters. The summed E-state index contributed by atoms with van der Waals surface area (Å²) < 4.78 is 13.9. The SMILES string of the molecule is CCN(c1ccccc1F)c1ncnc(N)c1[N+](=O)[O-]. The van der Waals surface area contributed by atoms with Gasteiger partial charge in [-0.15, -0.1) is 0 Å². The van der Waals surface area contributed by atoms with Crippen LogP contribution in [0.1, 0.15) is 6.92 Å². The van der Waals surface area contributed by atoms with Crippen molar-refractivity contribution in [2.75, 3.05) is 17.2 Å². The summed E-state index contributed by atoms with van der Waals surface area (Å²) in [5.41, 5.74) is 5.28. The van der Waals surface area contributed by atoms with Gasteiger partial charge >= 0.3 is 5.69 Å². The fraction of sp³-hybridized carbons (Fsp3) is 0.167. The Bertz CT molecular complexity index is 649. The normalized spacial score (nSPS) is 10.3. The van der Waals surface area contributed by atoms with Crippen molar-refractivity contribution < 1.29 is 9.31 Å². The van der Waals surface area contributed by atoms with Crippen LogP contribution in [0.2, 0.25) is 0 Å². The van der Waals surface area contributed by atoms with E-state index in [0.717, 1.165) is 6.33 Å². The molecule has 8 heteroatoms. The number of aromatic nitrogens is 2. The Morgan fingerprint density at radius 3 is 2.70 bits per heavy atom. The number of nitrogens with zero attached hydrogens (tertiary/aromatic N) is 4. The van der Waals surface area contributed by atoms with Crippen LogP contribution in [-0.2, 0) is 0 Å². The minimum Gasteiger partial charge on any atom is -0.378 e. The molecule has 0 fully saturated rings. The lowest BCUT2D eigenvalue weighted by Gasteiger charge is -2.22. The molecule has 0 amide bonds. The van der Waals surface area contributed by atoms with Gasteiger partial charge in [0.1, 0.15) is 12.1 Å². The molecule has 0 aliphatic rings. The molecular formula is C12H12FN5O2. The maximum Gasteiger partial charge on any atom is 0.353 e. The third kappa shape index (κ3) is 2.35. The fourth-order valence-corrected chi connectivity index (χ4v) is 1.86. The van der Waals surface area contributed by atoms with Gasteiger partial charge in [-0.05, 0) is 19.1 Å². The number of halogens is 1. The van der Waals surface area contributed by atoms with E-state index < -0.39 is 16.4 Å². The molecule has 0 saturated carbocycles. The quantitative estimate of drug-likeness (QED) is 0.680. The van der Waals surface area contributed by atoms with E-state index in [1.54, 1.807) is 13.0 Å². The Morgan fingerprint density at radius 1 is 1.40 bits per heavy atom. The standard InChI is InChI=1S/C12H12FN5O2/c1-2-17(9-6-4-3-5-8(9)13)12-10(18(19)20)11(14)15-7-16-12/h3-7H,2H2,1H3,(H2,14,15,16). The summed E-state index contributed by atoms with van der Waals surface area (Å²) in [6, 6.07) is 5.96. The minimum absolute atomic E-state index is 0.0323. The van der Waals surface area contributed by atoms with Crippen molar-refractivity contribution >= 4 is 23.0 Å². The van der Waals surface area contributed by atoms with Crippen molar-refractivity contribution in [3.63, 3.8) is 0 Å². The molecule has 2 N–H and O–H groups in total. The van der Waals surface area contributed by atoms with Crippen LogP contribution in [0, 0.1) is 15.9 Å². The lowest BCUT2D eigenvalue weighted by molar-refractivity contribution is -0.383. The van der Waals surface area contributed by atoms with Crippen LogP contribution in [-0.4, -0.2) is 21.4 Å². The monoisotopic (exact) mass is 277 g/mol. The van der Waals surface area contributed by atoms with Gasteiger partial charge in [-0.1, -0.05) is 12.1 Å². The molecule has 7 nitrogen and oxygen atoms in total. The predicted octanol–water partition coefficient (Wildman–Crippen LogP) is 2.26. The van der Waals surface area contributed by atoms with Crippen LogP contribution >= 0.6 is 0 Å². The summed E-state index contributed by atoms with van der Waals surface area (Å²) in [6.45, 7) is 2.02. The molecule has 1 aromatic heterocycles. The van der Waals surface area contributed by atoms with Crippen LogP contribution in [0.25, 0.3) is 0 Å². The van der Waals surface area contributed by atoms with E-state index in [-0.39, 0.29) is 23.9 Å². The second-order valence-corrected chi connectivity index (χ2v) is 3.88. The maximum absolute atomic E-state index is 13.9. The Hall–Kier alpha value is -2.77. The number of benzene rings is 1. The molecule has 1 heterocycles. The molecule has 0 spiro atoms. The molecule has 0 aliphatic heterocycles. The number of hydrogen-bond donors (Lipinski definition) is 1. The molecule has 104 valence electrons. The average molecular weight is 277 g/mol. The molecule has 0 unspecified atom stereocenters. The average Bonchev–Trinajstić information content (AvgIpc) is 2.41. The van der Waals surface area contributed by atoms with E-state index in [0.29, 0.717) is 0 Å². The van der Waals surface area contributed by atoms with E-state index in [9.17, 15) is 14.5 Å². The molecule has 0 bridgehead atoms. The zero-order valence-electron chi connectivity index (χ0n) is 10.7. The van der Waals surface area contributed by atoms with Gasteiger partial charge in [0.25, 0.3) is 0 Å². The Morgan fingerprint density at radius 2 is 2.10 bits per heavy atom. The summed E-state index contributed by atoms with van der Waals surface area (Å²) >= 11 is 0. The summed E-state index contributed by atoms with van der Waals surface area (Å²) in [7, 11) is 0. The van der Waals surface area contributed by atoms with Crippen molar-refractivity contribution in [1.82, 2.24) is 9.97 Å². The first-order chi connectivity index (χ1) is 9.56. The van der Waals surface area contributed by atoms with Gasteiger partial charge in [0, 0.05) is 6.54 Å². The zero-order chi connectivity index (χ0) is 14.7. The van der Waals surface area contributed by atoms with E-state index in [2.05, 4.69) is 9.97 Å². The van der Waals surface area contributed by atoms with Crippen molar-refractivity contribution in [3.05, 3.63) is 46.5 Å². The van der Waals surface area contributed by atoms with Gasteiger partial charge in [0.2, 0.25) is 11.6 Å². The number of para-hydroxylation sites is 1. The highest BCUT2D eigenvalue weighted by Gasteiger charge is 2.26. The van der Waals surface area contributed by atoms with Crippen molar-refractivity contribution in [1.29, 1.82) is 0 Å². The van der Waals surface area contributed by atoms with E-state index >= 15 is 0 Å². The molecule has 1 aromatic carbocycles. The lowest BCUT2D eigenvalue weighted by Crippen LogP contribution is -2.20. The molecule has 0 aliphatic carbocycles. The smallest absolute Gasteiger partial charge is 0.353 e. The fourth-order valence-electron chi connectivity index (χ4n) is 1.86.